The highest BCUT2D eigenvalue weighted by atomic mass is 35.5. The zero-order valence-corrected chi connectivity index (χ0v) is 12.8. The molecule has 1 aliphatic heterocycles. The van der Waals surface area contributed by atoms with E-state index in [1.807, 2.05) is 23.1 Å². The van der Waals surface area contributed by atoms with Crippen LogP contribution in [0.4, 0.5) is 15.8 Å². The Balaban J connectivity index is 1.76. The van der Waals surface area contributed by atoms with Gasteiger partial charge in [0.2, 0.25) is 0 Å². The zero-order chi connectivity index (χ0) is 15.4. The smallest absolute Gasteiger partial charge is 0.147 e. The van der Waals surface area contributed by atoms with Crippen LogP contribution in [0.5, 0.6) is 0 Å². The predicted molar refractivity (Wildman–Crippen MR) is 88.1 cm³/mol. The number of nitrogens with zero attached hydrogens (tertiary/aromatic N) is 2. The Morgan fingerprint density at radius 1 is 1.14 bits per heavy atom. The largest absolute Gasteiger partial charge is 0.378 e. The Labute approximate surface area is 134 Å². The van der Waals surface area contributed by atoms with Crippen molar-refractivity contribution in [2.75, 3.05) is 31.2 Å². The van der Waals surface area contributed by atoms with Gasteiger partial charge in [-0.1, -0.05) is 23.7 Å². The third kappa shape index (κ3) is 3.64. The molecule has 0 unspecified atom stereocenters. The van der Waals surface area contributed by atoms with Gasteiger partial charge in [-0.2, -0.15) is 0 Å². The average Bonchev–Trinajstić information content (AvgIpc) is 2.54. The van der Waals surface area contributed by atoms with Gasteiger partial charge in [0, 0.05) is 24.3 Å². The van der Waals surface area contributed by atoms with E-state index in [2.05, 4.69) is 4.99 Å². The van der Waals surface area contributed by atoms with E-state index in [9.17, 15) is 4.39 Å². The van der Waals surface area contributed by atoms with Crippen LogP contribution in [0.15, 0.2) is 47.5 Å². The van der Waals surface area contributed by atoms with Gasteiger partial charge in [-0.05, 0) is 35.9 Å². The summed E-state index contributed by atoms with van der Waals surface area (Å²) in [7, 11) is 0. The van der Waals surface area contributed by atoms with Crippen LogP contribution < -0.4 is 4.90 Å². The van der Waals surface area contributed by atoms with Crippen LogP contribution in [0.2, 0.25) is 5.02 Å². The minimum atomic E-state index is -0.239. The summed E-state index contributed by atoms with van der Waals surface area (Å²) < 4.78 is 19.5. The number of aliphatic imine (C=N–C) groups is 1. The maximum atomic E-state index is 14.3. The molecule has 2 aromatic rings. The SMILES string of the molecule is Fc1cc(C=Nc2cccc(Cl)c2)ccc1N1CCOCC1. The molecule has 0 aromatic heterocycles. The van der Waals surface area contributed by atoms with E-state index in [1.165, 1.54) is 6.07 Å². The molecule has 1 aliphatic rings. The first-order valence-electron chi connectivity index (χ1n) is 7.14. The molecule has 3 rings (SSSR count). The number of hydrogen-bond donors (Lipinski definition) is 0. The molecule has 0 saturated carbocycles. The third-order valence-corrected chi connectivity index (χ3v) is 3.73. The lowest BCUT2D eigenvalue weighted by Gasteiger charge is -2.29. The van der Waals surface area contributed by atoms with Crippen molar-refractivity contribution in [1.29, 1.82) is 0 Å². The van der Waals surface area contributed by atoms with Crippen LogP contribution >= 0.6 is 11.6 Å². The molecule has 0 N–H and O–H groups in total. The summed E-state index contributed by atoms with van der Waals surface area (Å²) >= 11 is 5.91. The third-order valence-electron chi connectivity index (χ3n) is 3.49. The molecule has 0 amide bonds. The summed E-state index contributed by atoms with van der Waals surface area (Å²) in [6.45, 7) is 2.70. The quantitative estimate of drug-likeness (QED) is 0.797. The van der Waals surface area contributed by atoms with Gasteiger partial charge in [-0.3, -0.25) is 4.99 Å². The molecule has 0 spiro atoms. The van der Waals surface area contributed by atoms with Gasteiger partial charge in [-0.15, -0.1) is 0 Å². The summed E-state index contributed by atoms with van der Waals surface area (Å²) in [6, 6.07) is 12.4. The minimum Gasteiger partial charge on any atom is -0.378 e. The Morgan fingerprint density at radius 2 is 1.95 bits per heavy atom. The van der Waals surface area contributed by atoms with Crippen LogP contribution in [0, 0.1) is 5.82 Å². The average molecular weight is 319 g/mol. The second-order valence-electron chi connectivity index (χ2n) is 5.05. The summed E-state index contributed by atoms with van der Waals surface area (Å²) in [6.07, 6.45) is 1.64. The summed E-state index contributed by atoms with van der Waals surface area (Å²) in [4.78, 5) is 6.31. The molecule has 22 heavy (non-hydrogen) atoms. The highest BCUT2D eigenvalue weighted by Gasteiger charge is 2.14. The second kappa shape index (κ2) is 6.90. The molecule has 2 aromatic carbocycles. The number of morpholine rings is 1. The van der Waals surface area contributed by atoms with Gasteiger partial charge in [0.05, 0.1) is 24.6 Å². The molecule has 1 heterocycles. The lowest BCUT2D eigenvalue weighted by molar-refractivity contribution is 0.122. The van der Waals surface area contributed by atoms with Gasteiger partial charge < -0.3 is 9.64 Å². The minimum absolute atomic E-state index is 0.239. The Bertz CT molecular complexity index is 684. The fourth-order valence-corrected chi connectivity index (χ4v) is 2.55. The maximum Gasteiger partial charge on any atom is 0.147 e. The highest BCUT2D eigenvalue weighted by molar-refractivity contribution is 6.30. The van der Waals surface area contributed by atoms with Crippen molar-refractivity contribution in [1.82, 2.24) is 0 Å². The molecule has 0 bridgehead atoms. The van der Waals surface area contributed by atoms with E-state index in [1.54, 1.807) is 24.4 Å². The van der Waals surface area contributed by atoms with Gasteiger partial charge in [0.25, 0.3) is 0 Å². The summed E-state index contributed by atoms with van der Waals surface area (Å²) in [5, 5.41) is 0.628. The van der Waals surface area contributed by atoms with Crippen LogP contribution in [0.25, 0.3) is 0 Å². The number of rotatable bonds is 3. The fraction of sp³-hybridized carbons (Fsp3) is 0.235. The van der Waals surface area contributed by atoms with Crippen LogP contribution in [-0.2, 0) is 4.74 Å². The van der Waals surface area contributed by atoms with Gasteiger partial charge in [-0.25, -0.2) is 4.39 Å². The molecule has 0 atom stereocenters. The predicted octanol–water partition coefficient (Wildman–Crippen LogP) is 4.07. The Hall–Kier alpha value is -1.91. The van der Waals surface area contributed by atoms with Crippen molar-refractivity contribution in [3.8, 4) is 0 Å². The number of ether oxygens (including phenoxy) is 1. The number of anilines is 1. The molecule has 1 saturated heterocycles. The maximum absolute atomic E-state index is 14.3. The van der Waals surface area contributed by atoms with Crippen LogP contribution in [0.3, 0.4) is 0 Å². The standard InChI is InChI=1S/C17H16ClFN2O/c18-14-2-1-3-15(11-14)20-12-13-4-5-17(16(19)10-13)21-6-8-22-9-7-21/h1-5,10-12H,6-9H2. The van der Waals surface area contributed by atoms with Crippen molar-refractivity contribution in [2.24, 2.45) is 4.99 Å². The first-order valence-corrected chi connectivity index (χ1v) is 7.52. The van der Waals surface area contributed by atoms with E-state index in [0.717, 1.165) is 11.3 Å². The Morgan fingerprint density at radius 3 is 2.68 bits per heavy atom. The van der Waals surface area contributed by atoms with E-state index in [0.29, 0.717) is 37.0 Å². The fourth-order valence-electron chi connectivity index (χ4n) is 2.37. The van der Waals surface area contributed by atoms with Crippen molar-refractivity contribution in [3.05, 3.63) is 58.9 Å². The molecule has 3 nitrogen and oxygen atoms in total. The Kier molecular flexibility index (Phi) is 4.71. The summed E-state index contributed by atoms with van der Waals surface area (Å²) in [5.74, 6) is -0.239. The molecular weight excluding hydrogens is 303 g/mol. The van der Waals surface area contributed by atoms with Crippen molar-refractivity contribution < 1.29 is 9.13 Å². The van der Waals surface area contributed by atoms with E-state index in [-0.39, 0.29) is 5.82 Å². The summed E-state index contributed by atoms with van der Waals surface area (Å²) in [5.41, 5.74) is 2.07. The van der Waals surface area contributed by atoms with Gasteiger partial charge in [0.1, 0.15) is 5.82 Å². The zero-order valence-electron chi connectivity index (χ0n) is 12.0. The number of halogens is 2. The number of benzene rings is 2. The molecular formula is C17H16ClFN2O. The highest BCUT2D eigenvalue weighted by Crippen LogP contribution is 2.22. The van der Waals surface area contributed by atoms with Crippen molar-refractivity contribution in [3.63, 3.8) is 0 Å². The number of hydrogen-bond acceptors (Lipinski definition) is 3. The first kappa shape index (κ1) is 15.0. The molecule has 1 fully saturated rings. The first-order chi connectivity index (χ1) is 10.7. The lowest BCUT2D eigenvalue weighted by Crippen LogP contribution is -2.36. The molecule has 114 valence electrons. The van der Waals surface area contributed by atoms with E-state index >= 15 is 0 Å². The molecule has 0 radical (unpaired) electrons. The molecule has 5 heteroatoms. The van der Waals surface area contributed by atoms with E-state index in [4.69, 9.17) is 16.3 Å². The van der Waals surface area contributed by atoms with Crippen molar-refractivity contribution >= 4 is 29.2 Å². The van der Waals surface area contributed by atoms with Gasteiger partial charge in [0.15, 0.2) is 0 Å². The normalized spacial score (nSPS) is 15.5. The van der Waals surface area contributed by atoms with Crippen molar-refractivity contribution in [2.45, 2.75) is 0 Å². The van der Waals surface area contributed by atoms with E-state index < -0.39 is 0 Å². The molecule has 0 aliphatic carbocycles. The van der Waals surface area contributed by atoms with Crippen LogP contribution in [-0.4, -0.2) is 32.5 Å². The second-order valence-corrected chi connectivity index (χ2v) is 5.48. The van der Waals surface area contributed by atoms with Gasteiger partial charge >= 0.3 is 0 Å². The monoisotopic (exact) mass is 318 g/mol. The lowest BCUT2D eigenvalue weighted by atomic mass is 10.2. The topological polar surface area (TPSA) is 24.8 Å². The van der Waals surface area contributed by atoms with Crippen LogP contribution in [0.1, 0.15) is 5.56 Å².